The van der Waals surface area contributed by atoms with Gasteiger partial charge in [-0.15, -0.1) is 0 Å². The molecular formula is C18H21F4N3O4. The second kappa shape index (κ2) is 9.68. The highest BCUT2D eigenvalue weighted by atomic mass is 19.4. The molecule has 160 valence electrons. The number of hydrogen-bond acceptors (Lipinski definition) is 5. The van der Waals surface area contributed by atoms with Gasteiger partial charge in [-0.2, -0.15) is 13.2 Å². The molecule has 3 rings (SSSR count). The molecule has 0 aromatic heterocycles. The number of aliphatic carboxylic acids is 1. The van der Waals surface area contributed by atoms with Crippen molar-refractivity contribution in [1.82, 2.24) is 10.6 Å². The number of benzene rings is 1. The molecule has 0 saturated carbocycles. The molecule has 0 unspecified atom stereocenters. The molecule has 1 atom stereocenters. The summed E-state index contributed by atoms with van der Waals surface area (Å²) in [5, 5.41) is 15.7. The quantitative estimate of drug-likeness (QED) is 0.442. The zero-order valence-corrected chi connectivity index (χ0v) is 15.3. The predicted octanol–water partition coefficient (Wildman–Crippen LogP) is 2.14. The zero-order valence-electron chi connectivity index (χ0n) is 15.3. The van der Waals surface area contributed by atoms with Gasteiger partial charge in [-0.1, -0.05) is 6.07 Å². The summed E-state index contributed by atoms with van der Waals surface area (Å²) in [7, 11) is 0. The van der Waals surface area contributed by atoms with Crippen molar-refractivity contribution >= 4 is 23.5 Å². The maximum atomic E-state index is 14.3. The third kappa shape index (κ3) is 6.70. The molecule has 7 nitrogen and oxygen atoms in total. The van der Waals surface area contributed by atoms with Crippen LogP contribution in [-0.4, -0.2) is 48.2 Å². The highest BCUT2D eigenvalue weighted by Crippen LogP contribution is 2.29. The summed E-state index contributed by atoms with van der Waals surface area (Å²) >= 11 is 0. The molecule has 29 heavy (non-hydrogen) atoms. The Morgan fingerprint density at radius 1 is 1.14 bits per heavy atom. The zero-order chi connectivity index (χ0) is 21.6. The van der Waals surface area contributed by atoms with E-state index in [-0.39, 0.29) is 23.5 Å². The van der Waals surface area contributed by atoms with Crippen molar-refractivity contribution in [2.24, 2.45) is 0 Å². The number of piperidine rings is 2. The Morgan fingerprint density at radius 3 is 2.28 bits per heavy atom. The lowest BCUT2D eigenvalue weighted by Gasteiger charge is -2.25. The van der Waals surface area contributed by atoms with E-state index in [2.05, 4.69) is 16.0 Å². The average Bonchev–Trinajstić information content (AvgIpc) is 2.65. The van der Waals surface area contributed by atoms with Crippen molar-refractivity contribution in [2.75, 3.05) is 18.4 Å². The smallest absolute Gasteiger partial charge is 0.475 e. The van der Waals surface area contributed by atoms with Crippen molar-refractivity contribution in [3.8, 4) is 0 Å². The van der Waals surface area contributed by atoms with E-state index in [1.165, 1.54) is 6.07 Å². The Labute approximate surface area is 163 Å². The molecule has 2 aliphatic rings. The molecule has 0 radical (unpaired) electrons. The highest BCUT2D eigenvalue weighted by molar-refractivity contribution is 6.01. The van der Waals surface area contributed by atoms with Gasteiger partial charge in [-0.05, 0) is 56.0 Å². The summed E-state index contributed by atoms with van der Waals surface area (Å²) in [5.74, 6) is -3.34. The van der Waals surface area contributed by atoms with Crippen molar-refractivity contribution in [3.05, 3.63) is 29.6 Å². The molecule has 1 aromatic rings. The Bertz CT molecular complexity index is 764. The molecule has 1 aromatic carbocycles. The van der Waals surface area contributed by atoms with Gasteiger partial charge < -0.3 is 15.7 Å². The van der Waals surface area contributed by atoms with Gasteiger partial charge >= 0.3 is 12.1 Å². The van der Waals surface area contributed by atoms with Gasteiger partial charge in [0.15, 0.2) is 0 Å². The van der Waals surface area contributed by atoms with Gasteiger partial charge in [0.1, 0.15) is 11.9 Å². The molecule has 2 fully saturated rings. The first-order chi connectivity index (χ1) is 13.6. The van der Waals surface area contributed by atoms with Crippen molar-refractivity contribution in [3.63, 3.8) is 0 Å². The SMILES string of the molecule is O=C(O)C(F)(F)F.O=C1CC[C@H](Nc2ccc(C3CCNCC3)c(F)c2)C(=O)N1. The number of rotatable bonds is 3. The number of alkyl halides is 3. The Kier molecular flexibility index (Phi) is 7.54. The van der Waals surface area contributed by atoms with Gasteiger partial charge in [0.25, 0.3) is 0 Å². The van der Waals surface area contributed by atoms with Crippen LogP contribution in [0.3, 0.4) is 0 Å². The molecule has 0 bridgehead atoms. The van der Waals surface area contributed by atoms with Crippen LogP contribution in [0, 0.1) is 5.82 Å². The van der Waals surface area contributed by atoms with E-state index in [1.807, 2.05) is 6.07 Å². The summed E-state index contributed by atoms with van der Waals surface area (Å²) in [6.45, 7) is 1.83. The predicted molar refractivity (Wildman–Crippen MR) is 94.7 cm³/mol. The monoisotopic (exact) mass is 419 g/mol. The number of anilines is 1. The normalized spacial score (nSPS) is 20.3. The number of halogens is 4. The number of carboxylic acid groups (broad SMARTS) is 1. The molecule has 4 N–H and O–H groups in total. The fourth-order valence-corrected chi connectivity index (χ4v) is 3.11. The number of nitrogens with one attached hydrogen (secondary N) is 3. The topological polar surface area (TPSA) is 108 Å². The lowest BCUT2D eigenvalue weighted by molar-refractivity contribution is -0.192. The minimum Gasteiger partial charge on any atom is -0.475 e. The lowest BCUT2D eigenvalue weighted by Crippen LogP contribution is -2.47. The maximum Gasteiger partial charge on any atom is 0.490 e. The molecule has 2 amide bonds. The first kappa shape index (κ1) is 22.6. The van der Waals surface area contributed by atoms with Crippen LogP contribution >= 0.6 is 0 Å². The highest BCUT2D eigenvalue weighted by Gasteiger charge is 2.38. The molecule has 2 saturated heterocycles. The largest absolute Gasteiger partial charge is 0.490 e. The summed E-state index contributed by atoms with van der Waals surface area (Å²) in [6.07, 6.45) is -2.46. The molecular weight excluding hydrogens is 398 g/mol. The molecule has 11 heteroatoms. The van der Waals surface area contributed by atoms with Gasteiger partial charge in [-0.25, -0.2) is 9.18 Å². The minimum absolute atomic E-state index is 0.232. The fourth-order valence-electron chi connectivity index (χ4n) is 3.11. The standard InChI is InChI=1S/C16H20FN3O2.C2HF3O2/c17-13-9-11(19-14-3-4-15(21)20-16(14)22)1-2-12(13)10-5-7-18-8-6-10;3-2(4,5)1(6)7/h1-2,9-10,14,18-19H,3-8H2,(H,20,21,22);(H,6,7)/t14-;/m0./s1. The van der Waals surface area contributed by atoms with Crippen LogP contribution in [0.25, 0.3) is 0 Å². The second-order valence-corrected chi connectivity index (χ2v) is 6.71. The summed E-state index contributed by atoms with van der Waals surface area (Å²) in [4.78, 5) is 31.7. The average molecular weight is 419 g/mol. The first-order valence-electron chi connectivity index (χ1n) is 8.98. The van der Waals surface area contributed by atoms with E-state index >= 15 is 0 Å². The second-order valence-electron chi connectivity index (χ2n) is 6.71. The van der Waals surface area contributed by atoms with E-state index in [1.54, 1.807) is 6.07 Å². The third-order valence-corrected chi connectivity index (χ3v) is 4.60. The number of hydrogen-bond donors (Lipinski definition) is 4. The van der Waals surface area contributed by atoms with Crippen LogP contribution < -0.4 is 16.0 Å². The number of carboxylic acids is 1. The van der Waals surface area contributed by atoms with Crippen LogP contribution in [0.5, 0.6) is 0 Å². The van der Waals surface area contributed by atoms with E-state index in [0.29, 0.717) is 18.5 Å². The summed E-state index contributed by atoms with van der Waals surface area (Å²) in [6, 6.07) is 4.58. The summed E-state index contributed by atoms with van der Waals surface area (Å²) in [5.41, 5.74) is 1.32. The fraction of sp³-hybridized carbons (Fsp3) is 0.500. The minimum atomic E-state index is -5.08. The molecule has 0 spiro atoms. The number of imide groups is 1. The van der Waals surface area contributed by atoms with Gasteiger partial charge in [0.05, 0.1) is 0 Å². The molecule has 2 heterocycles. The van der Waals surface area contributed by atoms with Gasteiger partial charge in [-0.3, -0.25) is 14.9 Å². The number of amides is 2. The van der Waals surface area contributed by atoms with Crippen LogP contribution in [0.15, 0.2) is 18.2 Å². The number of carbonyl (C=O) groups excluding carboxylic acids is 2. The van der Waals surface area contributed by atoms with Crippen molar-refractivity contribution in [1.29, 1.82) is 0 Å². The van der Waals surface area contributed by atoms with Crippen LogP contribution in [0.1, 0.15) is 37.2 Å². The van der Waals surface area contributed by atoms with Crippen LogP contribution in [0.2, 0.25) is 0 Å². The van der Waals surface area contributed by atoms with E-state index < -0.39 is 18.2 Å². The molecule has 2 aliphatic heterocycles. The summed E-state index contributed by atoms with van der Waals surface area (Å²) < 4.78 is 46.1. The first-order valence-corrected chi connectivity index (χ1v) is 8.98. The van der Waals surface area contributed by atoms with Crippen LogP contribution in [-0.2, 0) is 14.4 Å². The van der Waals surface area contributed by atoms with Crippen molar-refractivity contribution in [2.45, 2.75) is 43.8 Å². The van der Waals surface area contributed by atoms with Gasteiger partial charge in [0.2, 0.25) is 11.8 Å². The Hall–Kier alpha value is -2.69. The lowest BCUT2D eigenvalue weighted by atomic mass is 9.89. The molecule has 0 aliphatic carbocycles. The van der Waals surface area contributed by atoms with Crippen LogP contribution in [0.4, 0.5) is 23.2 Å². The Balaban J connectivity index is 0.000000370. The van der Waals surface area contributed by atoms with Gasteiger partial charge in [0, 0.05) is 12.1 Å². The van der Waals surface area contributed by atoms with Crippen molar-refractivity contribution < 1.29 is 37.1 Å². The van der Waals surface area contributed by atoms with E-state index in [0.717, 1.165) is 31.5 Å². The third-order valence-electron chi connectivity index (χ3n) is 4.60. The Morgan fingerprint density at radius 2 is 1.76 bits per heavy atom. The maximum absolute atomic E-state index is 14.3. The van der Waals surface area contributed by atoms with E-state index in [9.17, 15) is 27.2 Å². The van der Waals surface area contributed by atoms with E-state index in [4.69, 9.17) is 9.90 Å². The number of carbonyl (C=O) groups is 3.